The van der Waals surface area contributed by atoms with Crippen molar-refractivity contribution in [1.29, 1.82) is 0 Å². The fourth-order valence-corrected chi connectivity index (χ4v) is 3.65. The van der Waals surface area contributed by atoms with Crippen molar-refractivity contribution in [3.8, 4) is 0 Å². The lowest BCUT2D eigenvalue weighted by molar-refractivity contribution is -0.141. The maximum Gasteiger partial charge on any atom is 0.333 e. The molecule has 0 saturated carbocycles. The average molecular weight is 396 g/mol. The van der Waals surface area contributed by atoms with E-state index in [1.54, 1.807) is 24.3 Å². The van der Waals surface area contributed by atoms with Crippen LogP contribution < -0.4 is 4.72 Å². The number of hydrogen-bond acceptors (Lipinski definition) is 4. The lowest BCUT2D eigenvalue weighted by Crippen LogP contribution is -2.44. The van der Waals surface area contributed by atoms with Crippen molar-refractivity contribution >= 4 is 16.0 Å². The molecular weight excluding hydrogens is 362 g/mol. The van der Waals surface area contributed by atoms with Gasteiger partial charge < -0.3 is 4.74 Å². The number of sulfonamides is 1. The van der Waals surface area contributed by atoms with Crippen LogP contribution in [-0.4, -0.2) is 27.0 Å². The Morgan fingerprint density at radius 1 is 1.11 bits per heavy atom. The van der Waals surface area contributed by atoms with Gasteiger partial charge in [-0.1, -0.05) is 65.8 Å². The summed E-state index contributed by atoms with van der Waals surface area (Å²) < 4.78 is 33.5. The van der Waals surface area contributed by atoms with Crippen molar-refractivity contribution in [3.63, 3.8) is 0 Å². The van der Waals surface area contributed by atoms with Gasteiger partial charge in [-0.15, -0.1) is 0 Å². The van der Waals surface area contributed by atoms with Gasteiger partial charge in [0.2, 0.25) is 10.0 Å². The third-order valence-corrected chi connectivity index (χ3v) is 5.54. The van der Waals surface area contributed by atoms with Crippen molar-refractivity contribution in [2.75, 3.05) is 6.61 Å². The van der Waals surface area contributed by atoms with Crippen LogP contribution in [0.4, 0.5) is 0 Å². The van der Waals surface area contributed by atoms with Crippen LogP contribution in [0.1, 0.15) is 53.5 Å². The van der Waals surface area contributed by atoms with E-state index in [-0.39, 0.29) is 28.9 Å². The fourth-order valence-electron chi connectivity index (χ4n) is 2.21. The number of benzene rings is 1. The predicted molar refractivity (Wildman–Crippen MR) is 109 cm³/mol. The fraction of sp³-hybridized carbons (Fsp3) is 0.571. The Kier molecular flexibility index (Phi) is 7.42. The Morgan fingerprint density at radius 2 is 1.63 bits per heavy atom. The first-order chi connectivity index (χ1) is 12.1. The van der Waals surface area contributed by atoms with E-state index in [1.165, 1.54) is 0 Å². The molecule has 6 heteroatoms. The molecule has 0 aliphatic heterocycles. The molecule has 0 aliphatic rings. The molecule has 0 spiro atoms. The minimum Gasteiger partial charge on any atom is -0.462 e. The van der Waals surface area contributed by atoms with Crippen LogP contribution in [0.5, 0.6) is 0 Å². The standard InChI is InChI=1S/C21H33NO4S/c1-15-9-11-17(12-10-15)27(24,25)22-18(21(6,7)8)13-16(2)19(23)26-14-20(3,4)5/h9-12,18,22H,2,13-14H2,1,3-8H3. The number of carbonyl (C=O) groups excluding carboxylic acids is 1. The smallest absolute Gasteiger partial charge is 0.333 e. The van der Waals surface area contributed by atoms with E-state index in [2.05, 4.69) is 11.3 Å². The van der Waals surface area contributed by atoms with Crippen molar-refractivity contribution in [1.82, 2.24) is 4.72 Å². The monoisotopic (exact) mass is 395 g/mol. The molecule has 1 atom stereocenters. The Labute approximate surface area is 164 Å². The van der Waals surface area contributed by atoms with Crippen LogP contribution in [0.3, 0.4) is 0 Å². The lowest BCUT2D eigenvalue weighted by atomic mass is 9.84. The van der Waals surface area contributed by atoms with E-state index in [0.29, 0.717) is 0 Å². The summed E-state index contributed by atoms with van der Waals surface area (Å²) in [5, 5.41) is 0. The number of hydrogen-bond donors (Lipinski definition) is 1. The normalized spacial score (nSPS) is 13.9. The average Bonchev–Trinajstić information content (AvgIpc) is 2.50. The van der Waals surface area contributed by atoms with Gasteiger partial charge >= 0.3 is 5.97 Å². The summed E-state index contributed by atoms with van der Waals surface area (Å²) in [4.78, 5) is 12.4. The maximum atomic E-state index is 12.8. The van der Waals surface area contributed by atoms with Crippen LogP contribution in [0.2, 0.25) is 0 Å². The second-order valence-corrected chi connectivity index (χ2v) is 11.0. The number of esters is 1. The molecule has 0 aliphatic carbocycles. The van der Waals surface area contributed by atoms with E-state index < -0.39 is 27.4 Å². The van der Waals surface area contributed by atoms with Crippen molar-refractivity contribution in [2.24, 2.45) is 10.8 Å². The molecule has 0 bridgehead atoms. The van der Waals surface area contributed by atoms with E-state index in [0.717, 1.165) is 5.56 Å². The zero-order chi connectivity index (χ0) is 21.0. The van der Waals surface area contributed by atoms with Crippen molar-refractivity contribution in [2.45, 2.75) is 65.8 Å². The Hall–Kier alpha value is -1.66. The number of nitrogens with one attached hydrogen (secondary N) is 1. The Morgan fingerprint density at radius 3 is 2.07 bits per heavy atom. The summed E-state index contributed by atoms with van der Waals surface area (Å²) in [5.74, 6) is -0.492. The summed E-state index contributed by atoms with van der Waals surface area (Å²) in [7, 11) is -3.71. The SMILES string of the molecule is C=C(CC(NS(=O)(=O)c1ccc(C)cc1)C(C)(C)C)C(=O)OCC(C)(C)C. The molecule has 0 fully saturated rings. The first-order valence-electron chi connectivity index (χ1n) is 9.06. The Bertz CT molecular complexity index is 766. The maximum absolute atomic E-state index is 12.8. The zero-order valence-electron chi connectivity index (χ0n) is 17.5. The second-order valence-electron chi connectivity index (χ2n) is 9.30. The van der Waals surface area contributed by atoms with E-state index in [4.69, 9.17) is 4.74 Å². The molecule has 0 radical (unpaired) electrons. The Balaban J connectivity index is 2.92. The van der Waals surface area contributed by atoms with E-state index >= 15 is 0 Å². The molecule has 0 saturated heterocycles. The summed E-state index contributed by atoms with van der Waals surface area (Å²) in [6, 6.07) is 6.15. The third kappa shape index (κ3) is 7.85. The highest BCUT2D eigenvalue weighted by Crippen LogP contribution is 2.27. The predicted octanol–water partition coefficient (Wildman–Crippen LogP) is 4.22. The molecule has 0 heterocycles. The minimum atomic E-state index is -3.71. The van der Waals surface area contributed by atoms with Crippen LogP contribution in [0, 0.1) is 17.8 Å². The van der Waals surface area contributed by atoms with E-state index in [1.807, 2.05) is 48.5 Å². The first-order valence-corrected chi connectivity index (χ1v) is 10.5. The molecule has 0 aromatic heterocycles. The molecular formula is C21H33NO4S. The highest BCUT2D eigenvalue weighted by atomic mass is 32.2. The third-order valence-electron chi connectivity index (χ3n) is 4.05. The summed E-state index contributed by atoms with van der Waals surface area (Å²) >= 11 is 0. The lowest BCUT2D eigenvalue weighted by Gasteiger charge is -2.31. The van der Waals surface area contributed by atoms with Gasteiger partial charge in [-0.05, 0) is 36.3 Å². The molecule has 1 aromatic rings. The van der Waals surface area contributed by atoms with Gasteiger partial charge in [0.05, 0.1) is 11.5 Å². The van der Waals surface area contributed by atoms with Crippen LogP contribution in [-0.2, 0) is 19.6 Å². The summed E-state index contributed by atoms with van der Waals surface area (Å²) in [6.45, 7) is 17.7. The van der Waals surface area contributed by atoms with Gasteiger partial charge in [0.15, 0.2) is 0 Å². The van der Waals surface area contributed by atoms with Gasteiger partial charge in [-0.25, -0.2) is 17.9 Å². The zero-order valence-corrected chi connectivity index (χ0v) is 18.4. The minimum absolute atomic E-state index is 0.146. The molecule has 1 rings (SSSR count). The number of rotatable bonds is 7. The molecule has 1 aromatic carbocycles. The van der Waals surface area contributed by atoms with Crippen LogP contribution in [0.15, 0.2) is 41.3 Å². The number of ether oxygens (including phenoxy) is 1. The second kappa shape index (κ2) is 8.57. The van der Waals surface area contributed by atoms with Crippen molar-refractivity contribution < 1.29 is 17.9 Å². The van der Waals surface area contributed by atoms with Gasteiger partial charge in [-0.2, -0.15) is 0 Å². The van der Waals surface area contributed by atoms with Gasteiger partial charge in [0.1, 0.15) is 0 Å². The molecule has 27 heavy (non-hydrogen) atoms. The molecule has 1 N–H and O–H groups in total. The van der Waals surface area contributed by atoms with Crippen molar-refractivity contribution in [3.05, 3.63) is 42.0 Å². The highest BCUT2D eigenvalue weighted by Gasteiger charge is 2.31. The molecule has 1 unspecified atom stereocenters. The molecule has 0 amide bonds. The highest BCUT2D eigenvalue weighted by molar-refractivity contribution is 7.89. The summed E-state index contributed by atoms with van der Waals surface area (Å²) in [5.41, 5.74) is 0.680. The summed E-state index contributed by atoms with van der Waals surface area (Å²) in [6.07, 6.45) is 0.178. The van der Waals surface area contributed by atoms with Crippen LogP contribution >= 0.6 is 0 Å². The first kappa shape index (κ1) is 23.4. The van der Waals surface area contributed by atoms with Gasteiger partial charge in [0.25, 0.3) is 0 Å². The van der Waals surface area contributed by atoms with E-state index in [9.17, 15) is 13.2 Å². The van der Waals surface area contributed by atoms with Gasteiger partial charge in [-0.3, -0.25) is 0 Å². The molecule has 5 nitrogen and oxygen atoms in total. The number of aryl methyl sites for hydroxylation is 1. The largest absolute Gasteiger partial charge is 0.462 e. The van der Waals surface area contributed by atoms with Crippen LogP contribution in [0.25, 0.3) is 0 Å². The van der Waals surface area contributed by atoms with Gasteiger partial charge in [0, 0.05) is 11.6 Å². The number of carbonyl (C=O) groups is 1. The quantitative estimate of drug-likeness (QED) is 0.554. The molecule has 152 valence electrons. The topological polar surface area (TPSA) is 72.5 Å².